The van der Waals surface area contributed by atoms with Gasteiger partial charge in [0.25, 0.3) is 5.56 Å². The molecule has 0 aliphatic carbocycles. The molecule has 0 saturated carbocycles. The first-order valence-corrected chi connectivity index (χ1v) is 8.01. The van der Waals surface area contributed by atoms with E-state index in [0.717, 1.165) is 17.2 Å². The van der Waals surface area contributed by atoms with Crippen molar-refractivity contribution in [1.82, 2.24) is 19.7 Å². The lowest BCUT2D eigenvalue weighted by molar-refractivity contribution is 0.740. The summed E-state index contributed by atoms with van der Waals surface area (Å²) in [5.74, 6) is 1.34. The van der Waals surface area contributed by atoms with Crippen LogP contribution in [0.1, 0.15) is 31.2 Å². The Morgan fingerprint density at radius 2 is 1.92 bits per heavy atom. The summed E-state index contributed by atoms with van der Waals surface area (Å²) in [6.07, 6.45) is 0. The Balaban J connectivity index is 2.07. The molecule has 0 amide bonds. The summed E-state index contributed by atoms with van der Waals surface area (Å²) in [7, 11) is 0. The van der Waals surface area contributed by atoms with E-state index in [9.17, 15) is 4.79 Å². The van der Waals surface area contributed by atoms with Crippen LogP contribution >= 0.6 is 11.6 Å². The van der Waals surface area contributed by atoms with Crippen molar-refractivity contribution in [2.45, 2.75) is 26.7 Å². The van der Waals surface area contributed by atoms with E-state index in [-0.39, 0.29) is 11.5 Å². The minimum atomic E-state index is -0.212. The first-order valence-electron chi connectivity index (χ1n) is 7.63. The van der Waals surface area contributed by atoms with Gasteiger partial charge in [0.2, 0.25) is 5.95 Å². The fraction of sp³-hybridized carbons (Fsp3) is 0.235. The topological polar surface area (TPSA) is 75.6 Å². The third-order valence-corrected chi connectivity index (χ3v) is 3.75. The smallest absolute Gasteiger partial charge is 0.252 e. The minimum absolute atomic E-state index is 0.212. The molecule has 3 aromatic rings. The van der Waals surface area contributed by atoms with Gasteiger partial charge >= 0.3 is 0 Å². The van der Waals surface area contributed by atoms with Crippen molar-refractivity contribution in [2.75, 3.05) is 5.32 Å². The first kappa shape index (κ1) is 16.3. The number of nitrogens with zero attached hydrogens (tertiary/aromatic N) is 3. The number of rotatable bonds is 4. The van der Waals surface area contributed by atoms with E-state index < -0.39 is 0 Å². The number of halogens is 1. The molecule has 0 radical (unpaired) electrons. The van der Waals surface area contributed by atoms with Crippen LogP contribution in [0.2, 0.25) is 5.02 Å². The van der Waals surface area contributed by atoms with Gasteiger partial charge in [-0.1, -0.05) is 25.4 Å². The van der Waals surface area contributed by atoms with Crippen LogP contribution in [0.4, 0.5) is 11.5 Å². The fourth-order valence-electron chi connectivity index (χ4n) is 2.28. The number of anilines is 2. The molecule has 1 aromatic carbocycles. The maximum atomic E-state index is 11.8. The monoisotopic (exact) mass is 343 g/mol. The largest absolute Gasteiger partial charge is 0.340 e. The molecule has 0 aliphatic heterocycles. The van der Waals surface area contributed by atoms with Gasteiger partial charge in [-0.25, -0.2) is 4.98 Å². The lowest BCUT2D eigenvalue weighted by Crippen LogP contribution is -2.15. The van der Waals surface area contributed by atoms with E-state index in [4.69, 9.17) is 11.6 Å². The first-order chi connectivity index (χ1) is 11.4. The second-order valence-electron chi connectivity index (χ2n) is 5.86. The van der Waals surface area contributed by atoms with Gasteiger partial charge < -0.3 is 5.32 Å². The van der Waals surface area contributed by atoms with Crippen molar-refractivity contribution in [2.24, 2.45) is 0 Å². The Kier molecular flexibility index (Phi) is 4.40. The quantitative estimate of drug-likeness (QED) is 0.755. The van der Waals surface area contributed by atoms with Crippen LogP contribution in [0, 0.1) is 6.92 Å². The maximum absolute atomic E-state index is 11.8. The predicted octanol–water partition coefficient (Wildman–Crippen LogP) is 3.78. The molecule has 0 unspecified atom stereocenters. The van der Waals surface area contributed by atoms with E-state index in [1.54, 1.807) is 23.7 Å². The highest BCUT2D eigenvalue weighted by atomic mass is 35.5. The summed E-state index contributed by atoms with van der Waals surface area (Å²) in [5.41, 5.74) is 2.19. The van der Waals surface area contributed by atoms with E-state index >= 15 is 0 Å². The molecule has 2 N–H and O–H groups in total. The SMILES string of the molecule is Cc1cc(=O)[nH]c(-n2nc(C(C)C)cc2Nc2ccc(Cl)cc2)n1. The van der Waals surface area contributed by atoms with Crippen molar-refractivity contribution in [3.8, 4) is 5.95 Å². The average molecular weight is 344 g/mol. The van der Waals surface area contributed by atoms with Crippen LogP contribution in [0.3, 0.4) is 0 Å². The highest BCUT2D eigenvalue weighted by Crippen LogP contribution is 2.24. The van der Waals surface area contributed by atoms with Gasteiger partial charge in [-0.15, -0.1) is 0 Å². The zero-order valence-electron chi connectivity index (χ0n) is 13.7. The number of H-pyrrole nitrogens is 1. The fourth-order valence-corrected chi connectivity index (χ4v) is 2.40. The van der Waals surface area contributed by atoms with Gasteiger partial charge in [0.15, 0.2) is 0 Å². The van der Waals surface area contributed by atoms with Crippen LogP contribution in [0.15, 0.2) is 41.2 Å². The van der Waals surface area contributed by atoms with Gasteiger partial charge in [-0.2, -0.15) is 9.78 Å². The van der Waals surface area contributed by atoms with Crippen LogP contribution in [-0.4, -0.2) is 19.7 Å². The van der Waals surface area contributed by atoms with Crippen molar-refractivity contribution in [3.63, 3.8) is 0 Å². The third-order valence-electron chi connectivity index (χ3n) is 3.49. The number of hydrogen-bond donors (Lipinski definition) is 2. The molecule has 0 aliphatic rings. The number of aromatic amines is 1. The summed E-state index contributed by atoms with van der Waals surface area (Å²) in [5, 5.41) is 8.53. The molecule has 6 nitrogen and oxygen atoms in total. The molecule has 0 spiro atoms. The van der Waals surface area contributed by atoms with E-state index in [2.05, 4.69) is 34.2 Å². The maximum Gasteiger partial charge on any atom is 0.252 e. The normalized spacial score (nSPS) is 11.0. The van der Waals surface area contributed by atoms with Gasteiger partial charge in [-0.3, -0.25) is 9.78 Å². The molecule has 0 saturated heterocycles. The van der Waals surface area contributed by atoms with Crippen molar-refractivity contribution in [1.29, 1.82) is 0 Å². The number of nitrogens with one attached hydrogen (secondary N) is 2. The molecule has 0 bridgehead atoms. The Hall–Kier alpha value is -2.60. The molecular weight excluding hydrogens is 326 g/mol. The molecule has 0 atom stereocenters. The van der Waals surface area contributed by atoms with Crippen LogP contribution in [0.25, 0.3) is 5.95 Å². The number of aryl methyl sites for hydroxylation is 1. The second kappa shape index (κ2) is 6.49. The Morgan fingerprint density at radius 1 is 1.21 bits per heavy atom. The summed E-state index contributed by atoms with van der Waals surface area (Å²) < 4.78 is 1.61. The molecule has 124 valence electrons. The number of hydrogen-bond acceptors (Lipinski definition) is 4. The van der Waals surface area contributed by atoms with E-state index in [1.807, 2.05) is 18.2 Å². The van der Waals surface area contributed by atoms with Crippen molar-refractivity contribution < 1.29 is 0 Å². The predicted molar refractivity (Wildman–Crippen MR) is 95.5 cm³/mol. The van der Waals surface area contributed by atoms with Crippen LogP contribution in [0.5, 0.6) is 0 Å². The summed E-state index contributed by atoms with van der Waals surface area (Å²) in [6.45, 7) is 5.90. The summed E-state index contributed by atoms with van der Waals surface area (Å²) in [6, 6.07) is 10.8. The van der Waals surface area contributed by atoms with Crippen molar-refractivity contribution >= 4 is 23.1 Å². The van der Waals surface area contributed by atoms with Gasteiger partial charge in [0.1, 0.15) is 5.82 Å². The molecule has 24 heavy (non-hydrogen) atoms. The summed E-state index contributed by atoms with van der Waals surface area (Å²) >= 11 is 5.93. The summed E-state index contributed by atoms with van der Waals surface area (Å²) in [4.78, 5) is 18.9. The van der Waals surface area contributed by atoms with E-state index in [0.29, 0.717) is 16.7 Å². The molecule has 3 rings (SSSR count). The van der Waals surface area contributed by atoms with Crippen LogP contribution < -0.4 is 10.9 Å². The second-order valence-corrected chi connectivity index (χ2v) is 6.30. The van der Waals surface area contributed by atoms with E-state index in [1.165, 1.54) is 6.07 Å². The molecule has 0 fully saturated rings. The lowest BCUT2D eigenvalue weighted by Gasteiger charge is -2.09. The Bertz CT molecular complexity index is 911. The molecule has 2 aromatic heterocycles. The third kappa shape index (κ3) is 3.49. The number of aromatic nitrogens is 4. The van der Waals surface area contributed by atoms with Crippen molar-refractivity contribution in [3.05, 3.63) is 63.2 Å². The number of benzene rings is 1. The average Bonchev–Trinajstić information content (AvgIpc) is 2.93. The zero-order chi connectivity index (χ0) is 17.3. The minimum Gasteiger partial charge on any atom is -0.340 e. The lowest BCUT2D eigenvalue weighted by atomic mass is 10.1. The molecular formula is C17H18ClN5O. The highest BCUT2D eigenvalue weighted by molar-refractivity contribution is 6.30. The Morgan fingerprint density at radius 3 is 2.54 bits per heavy atom. The van der Waals surface area contributed by atoms with Crippen LogP contribution in [-0.2, 0) is 0 Å². The van der Waals surface area contributed by atoms with Gasteiger partial charge in [-0.05, 0) is 37.1 Å². The Labute approximate surface area is 144 Å². The highest BCUT2D eigenvalue weighted by Gasteiger charge is 2.14. The molecule has 2 heterocycles. The van der Waals surface area contributed by atoms with Gasteiger partial charge in [0.05, 0.1) is 5.69 Å². The van der Waals surface area contributed by atoms with Gasteiger partial charge in [0, 0.05) is 28.5 Å². The standard InChI is InChI=1S/C17H18ClN5O/c1-10(2)14-9-15(20-13-6-4-12(18)5-7-13)23(22-14)17-19-11(3)8-16(24)21-17/h4-10,20H,1-3H3,(H,19,21,24). The molecule has 7 heteroatoms. The zero-order valence-corrected chi connectivity index (χ0v) is 14.4.